The molecule has 8 nitrogen and oxygen atoms in total. The molecule has 2 amide bonds. The average molecular weight is 646 g/mol. The van der Waals surface area contributed by atoms with E-state index in [0.717, 1.165) is 18.4 Å². The lowest BCUT2D eigenvalue weighted by Gasteiger charge is -2.26. The van der Waals surface area contributed by atoms with Crippen LogP contribution in [0.1, 0.15) is 29.2 Å². The maximum absolute atomic E-state index is 13.7. The molecule has 5 aromatic rings. The van der Waals surface area contributed by atoms with Crippen molar-refractivity contribution < 1.29 is 13.2 Å². The lowest BCUT2D eigenvalue weighted by molar-refractivity contribution is 0.210. The van der Waals surface area contributed by atoms with Gasteiger partial charge < -0.3 is 4.90 Å². The van der Waals surface area contributed by atoms with E-state index in [0.29, 0.717) is 45.9 Å². The Morgan fingerprint density at radius 2 is 1.52 bits per heavy atom. The van der Waals surface area contributed by atoms with Gasteiger partial charge in [-0.2, -0.15) is 0 Å². The molecule has 226 valence electrons. The number of rotatable bonds is 12. The third-order valence-corrected chi connectivity index (χ3v) is 8.78. The van der Waals surface area contributed by atoms with E-state index in [-0.39, 0.29) is 11.9 Å². The Morgan fingerprint density at radius 1 is 0.886 bits per heavy atom. The number of nitrogens with zero attached hydrogens (tertiary/aromatic N) is 3. The molecule has 0 bridgehead atoms. The summed E-state index contributed by atoms with van der Waals surface area (Å²) in [6.45, 7) is 0.980. The number of carbonyl (C=O) groups excluding carboxylic acids is 1. The summed E-state index contributed by atoms with van der Waals surface area (Å²) in [6, 6.07) is 32.9. The molecule has 0 aliphatic heterocycles. The monoisotopic (exact) mass is 645 g/mol. The van der Waals surface area contributed by atoms with Crippen molar-refractivity contribution in [1.82, 2.24) is 14.9 Å². The van der Waals surface area contributed by atoms with E-state index in [9.17, 15) is 13.2 Å². The fourth-order valence-electron chi connectivity index (χ4n) is 4.91. The minimum absolute atomic E-state index is 0.114. The minimum Gasteiger partial charge on any atom is -0.324 e. The number of benzene rings is 3. The van der Waals surface area contributed by atoms with Crippen molar-refractivity contribution in [3.8, 4) is 11.3 Å². The molecule has 44 heavy (non-hydrogen) atoms. The zero-order chi connectivity index (χ0) is 30.9. The van der Waals surface area contributed by atoms with Crippen LogP contribution < -0.4 is 10.0 Å². The van der Waals surface area contributed by atoms with Gasteiger partial charge in [0.05, 0.1) is 6.26 Å². The fourth-order valence-corrected chi connectivity index (χ4v) is 6.55. The molecule has 0 atom stereocenters. The number of aromatic nitrogens is 2. The summed E-state index contributed by atoms with van der Waals surface area (Å²) in [7, 11) is -3.39. The Morgan fingerprint density at radius 3 is 2.11 bits per heavy atom. The second kappa shape index (κ2) is 14.5. The third-order valence-electron chi connectivity index (χ3n) is 7.00. The van der Waals surface area contributed by atoms with Crippen LogP contribution in [0, 0.1) is 0 Å². The summed E-state index contributed by atoms with van der Waals surface area (Å²) >= 11 is 7.71. The SMILES string of the molecule is CS(=O)(=O)Nc1ccc(-c2nc(NC(=O)N(CCc3ccccn3)CCC(c3ccccc3)c3ccccc3)sc2Cl)cc1. The van der Waals surface area contributed by atoms with E-state index < -0.39 is 10.0 Å². The highest BCUT2D eigenvalue weighted by molar-refractivity contribution is 7.92. The van der Waals surface area contributed by atoms with Crippen LogP contribution in [0.25, 0.3) is 11.3 Å². The smallest absolute Gasteiger partial charge is 0.323 e. The van der Waals surface area contributed by atoms with Gasteiger partial charge in [0.25, 0.3) is 0 Å². The molecule has 0 radical (unpaired) electrons. The maximum atomic E-state index is 13.7. The molecule has 2 heterocycles. The van der Waals surface area contributed by atoms with Crippen LogP contribution >= 0.6 is 22.9 Å². The molecule has 3 aromatic carbocycles. The Kier molecular flexibility index (Phi) is 10.3. The van der Waals surface area contributed by atoms with Crippen LogP contribution in [0.15, 0.2) is 109 Å². The zero-order valence-corrected chi connectivity index (χ0v) is 26.4. The van der Waals surface area contributed by atoms with Gasteiger partial charge in [-0.3, -0.25) is 15.0 Å². The molecule has 11 heteroatoms. The normalized spacial score (nSPS) is 11.3. The molecule has 0 saturated heterocycles. The highest BCUT2D eigenvalue weighted by atomic mass is 35.5. The molecule has 2 aromatic heterocycles. The number of nitrogens with one attached hydrogen (secondary N) is 2. The van der Waals surface area contributed by atoms with Crippen molar-refractivity contribution in [2.75, 3.05) is 29.4 Å². The van der Waals surface area contributed by atoms with Gasteiger partial charge in [0, 0.05) is 48.6 Å². The molecule has 0 aliphatic rings. The predicted octanol–water partition coefficient (Wildman–Crippen LogP) is 7.53. The van der Waals surface area contributed by atoms with Gasteiger partial charge in [-0.1, -0.05) is 102 Å². The van der Waals surface area contributed by atoms with Crippen LogP contribution in [0.3, 0.4) is 0 Å². The number of urea groups is 1. The third kappa shape index (κ3) is 8.66. The highest BCUT2D eigenvalue weighted by Gasteiger charge is 2.21. The number of amides is 2. The first kappa shape index (κ1) is 31.2. The Hall–Kier alpha value is -4.25. The number of sulfonamides is 1. The van der Waals surface area contributed by atoms with Crippen molar-refractivity contribution in [2.45, 2.75) is 18.8 Å². The van der Waals surface area contributed by atoms with Gasteiger partial charge in [0.15, 0.2) is 5.13 Å². The van der Waals surface area contributed by atoms with E-state index in [4.69, 9.17) is 11.6 Å². The molecule has 0 saturated carbocycles. The quantitative estimate of drug-likeness (QED) is 0.146. The van der Waals surface area contributed by atoms with E-state index in [1.165, 1.54) is 22.5 Å². The van der Waals surface area contributed by atoms with Gasteiger partial charge in [0.2, 0.25) is 10.0 Å². The second-order valence-corrected chi connectivity index (χ2v) is 13.6. The number of hydrogen-bond acceptors (Lipinski definition) is 6. The van der Waals surface area contributed by atoms with Crippen LogP contribution in [0.2, 0.25) is 4.34 Å². The van der Waals surface area contributed by atoms with E-state index in [2.05, 4.69) is 44.3 Å². The van der Waals surface area contributed by atoms with Crippen molar-refractivity contribution in [3.05, 3.63) is 130 Å². The van der Waals surface area contributed by atoms with Crippen molar-refractivity contribution in [3.63, 3.8) is 0 Å². The number of halogens is 1. The van der Waals surface area contributed by atoms with Gasteiger partial charge in [-0.05, 0) is 41.8 Å². The molecule has 0 unspecified atom stereocenters. The fraction of sp³-hybridized carbons (Fsp3) is 0.182. The Balaban J connectivity index is 1.33. The standard InChI is InChI=1S/C33H32ClN5O3S2/c1-44(41,42)38-28-17-15-26(16-18-28)30-31(34)43-32(36-30)37-33(40)39(22-19-27-14-8-9-21-35-27)23-20-29(24-10-4-2-5-11-24)25-12-6-3-7-13-25/h2-18,21,29,38H,19-20,22-23H2,1H3,(H,36,37,40). The van der Waals surface area contributed by atoms with Gasteiger partial charge in [-0.15, -0.1) is 0 Å². The molecular weight excluding hydrogens is 614 g/mol. The molecular formula is C33H32ClN5O3S2. The van der Waals surface area contributed by atoms with Crippen molar-refractivity contribution in [1.29, 1.82) is 0 Å². The first-order chi connectivity index (χ1) is 21.2. The second-order valence-electron chi connectivity index (χ2n) is 10.2. The van der Waals surface area contributed by atoms with Crippen LogP contribution in [-0.4, -0.2) is 48.7 Å². The molecule has 2 N–H and O–H groups in total. The molecule has 0 aliphatic carbocycles. The van der Waals surface area contributed by atoms with Crippen molar-refractivity contribution >= 4 is 49.8 Å². The molecule has 0 fully saturated rings. The Labute approximate surface area is 266 Å². The number of thiazole rings is 1. The van der Waals surface area contributed by atoms with E-state index in [1.807, 2.05) is 54.6 Å². The van der Waals surface area contributed by atoms with Gasteiger partial charge >= 0.3 is 6.03 Å². The number of anilines is 2. The highest BCUT2D eigenvalue weighted by Crippen LogP contribution is 2.36. The minimum atomic E-state index is -3.39. The Bertz CT molecular complexity index is 1730. The predicted molar refractivity (Wildman–Crippen MR) is 179 cm³/mol. The van der Waals surface area contributed by atoms with Crippen LogP contribution in [-0.2, 0) is 16.4 Å². The summed E-state index contributed by atoms with van der Waals surface area (Å²) in [4.78, 5) is 24.5. The summed E-state index contributed by atoms with van der Waals surface area (Å²) in [6.07, 6.45) is 4.18. The van der Waals surface area contributed by atoms with E-state index in [1.54, 1.807) is 35.4 Å². The summed E-state index contributed by atoms with van der Waals surface area (Å²) in [5.41, 5.74) is 4.93. The first-order valence-corrected chi connectivity index (χ1v) is 17.1. The molecule has 0 spiro atoms. The first-order valence-electron chi connectivity index (χ1n) is 14.1. The van der Waals surface area contributed by atoms with Gasteiger partial charge in [0.1, 0.15) is 10.0 Å². The van der Waals surface area contributed by atoms with E-state index >= 15 is 0 Å². The summed E-state index contributed by atoms with van der Waals surface area (Å²) in [5.74, 6) is 0.114. The van der Waals surface area contributed by atoms with Crippen LogP contribution in [0.5, 0.6) is 0 Å². The van der Waals surface area contributed by atoms with Gasteiger partial charge in [-0.25, -0.2) is 18.2 Å². The van der Waals surface area contributed by atoms with Crippen LogP contribution in [0.4, 0.5) is 15.6 Å². The maximum Gasteiger partial charge on any atom is 0.323 e. The number of hydrogen-bond donors (Lipinski definition) is 2. The zero-order valence-electron chi connectivity index (χ0n) is 24.1. The summed E-state index contributed by atoms with van der Waals surface area (Å²) < 4.78 is 25.9. The number of pyridine rings is 1. The molecule has 5 rings (SSSR count). The largest absolute Gasteiger partial charge is 0.324 e. The summed E-state index contributed by atoms with van der Waals surface area (Å²) in [5, 5.41) is 3.33. The van der Waals surface area contributed by atoms with Crippen molar-refractivity contribution in [2.24, 2.45) is 0 Å². The average Bonchev–Trinajstić information content (AvgIpc) is 3.39. The topological polar surface area (TPSA) is 104 Å². The lowest BCUT2D eigenvalue weighted by Crippen LogP contribution is -2.38. The lowest BCUT2D eigenvalue weighted by atomic mass is 9.88. The number of carbonyl (C=O) groups is 1.